The fraction of sp³-hybridized carbons (Fsp3) is 0.294. The van der Waals surface area contributed by atoms with Crippen LogP contribution in [0.25, 0.3) is 16.5 Å². The average molecular weight is 468 g/mol. The maximum Gasteiger partial charge on any atom is 0.534 e. The number of nitrogens with zero attached hydrogens (tertiary/aromatic N) is 2. The molecule has 2 aromatic heterocycles. The third-order valence-corrected chi connectivity index (χ3v) is 5.55. The first-order valence-corrected chi connectivity index (χ1v) is 10.1. The normalized spacial score (nSPS) is 12.7. The van der Waals surface area contributed by atoms with E-state index in [1.807, 2.05) is 0 Å². The molecule has 0 aliphatic carbocycles. The summed E-state index contributed by atoms with van der Waals surface area (Å²) in [4.78, 5) is 13.0. The van der Waals surface area contributed by atoms with Crippen molar-refractivity contribution in [3.63, 3.8) is 0 Å². The van der Waals surface area contributed by atoms with Crippen molar-refractivity contribution in [2.24, 2.45) is 0 Å². The molecule has 0 bridgehead atoms. The molecule has 0 saturated carbocycles. The van der Waals surface area contributed by atoms with E-state index in [0.717, 1.165) is 10.6 Å². The summed E-state index contributed by atoms with van der Waals surface area (Å²) in [6.07, 6.45) is 1.39. The van der Waals surface area contributed by atoms with Gasteiger partial charge in [0, 0.05) is 6.20 Å². The lowest BCUT2D eigenvalue weighted by Gasteiger charge is -2.16. The van der Waals surface area contributed by atoms with Crippen molar-refractivity contribution in [3.05, 3.63) is 50.9 Å². The standard InChI is InChI=1S/C17H14ClF4N3O4S/c1-7(2)11-6-25(14-8(3)23-24-15(14)18)16(26)10-4-12(19)13(5-9(10)11)29-30(27,28)17(20,21)22/h4-7H,1-3H3,(H,23,24). The van der Waals surface area contributed by atoms with Gasteiger partial charge in [0.1, 0.15) is 5.69 Å². The molecular formula is C17H14ClF4N3O4S. The van der Waals surface area contributed by atoms with Crippen LogP contribution in [0.3, 0.4) is 0 Å². The molecule has 3 rings (SSSR count). The Morgan fingerprint density at radius 2 is 1.87 bits per heavy atom. The number of halogens is 5. The van der Waals surface area contributed by atoms with Crippen LogP contribution >= 0.6 is 11.6 Å². The lowest BCUT2D eigenvalue weighted by atomic mass is 9.98. The van der Waals surface area contributed by atoms with Crippen molar-refractivity contribution in [1.82, 2.24) is 14.8 Å². The van der Waals surface area contributed by atoms with Crippen LogP contribution in [0.1, 0.15) is 31.0 Å². The van der Waals surface area contributed by atoms with E-state index < -0.39 is 32.8 Å². The van der Waals surface area contributed by atoms with E-state index in [9.17, 15) is 30.8 Å². The Kier molecular flexibility index (Phi) is 5.35. The van der Waals surface area contributed by atoms with E-state index in [4.69, 9.17) is 11.6 Å². The van der Waals surface area contributed by atoms with Crippen molar-refractivity contribution in [3.8, 4) is 11.4 Å². The van der Waals surface area contributed by atoms with Gasteiger partial charge in [-0.15, -0.1) is 0 Å². The summed E-state index contributed by atoms with van der Waals surface area (Å²) < 4.78 is 79.9. The maximum absolute atomic E-state index is 14.4. The molecule has 1 N–H and O–H groups in total. The molecule has 0 spiro atoms. The van der Waals surface area contributed by atoms with Crippen LogP contribution in [0.5, 0.6) is 5.75 Å². The Bertz CT molecular complexity index is 1290. The minimum Gasteiger partial charge on any atom is -0.373 e. The number of alkyl halides is 3. The highest BCUT2D eigenvalue weighted by molar-refractivity contribution is 7.88. The van der Waals surface area contributed by atoms with Crippen LogP contribution in [0.2, 0.25) is 5.15 Å². The zero-order chi connectivity index (χ0) is 22.6. The van der Waals surface area contributed by atoms with E-state index in [1.165, 1.54) is 6.20 Å². The lowest BCUT2D eigenvalue weighted by molar-refractivity contribution is -0.0500. The van der Waals surface area contributed by atoms with Gasteiger partial charge in [0.25, 0.3) is 5.56 Å². The number of aromatic amines is 1. The molecule has 7 nitrogen and oxygen atoms in total. The van der Waals surface area contributed by atoms with Crippen molar-refractivity contribution < 1.29 is 30.2 Å². The van der Waals surface area contributed by atoms with Gasteiger partial charge < -0.3 is 4.18 Å². The van der Waals surface area contributed by atoms with Gasteiger partial charge in [-0.2, -0.15) is 26.7 Å². The van der Waals surface area contributed by atoms with Gasteiger partial charge in [-0.05, 0) is 35.9 Å². The Hall–Kier alpha value is -2.60. The SMILES string of the molecule is Cc1[nH]nc(Cl)c1-n1cc(C(C)C)c2cc(OS(=O)(=O)C(F)(F)F)c(F)cc2c1=O. The third kappa shape index (κ3) is 3.65. The molecule has 13 heteroatoms. The number of aromatic nitrogens is 3. The van der Waals surface area contributed by atoms with Crippen molar-refractivity contribution >= 4 is 32.5 Å². The molecule has 0 aliphatic rings. The first-order valence-electron chi connectivity index (χ1n) is 8.35. The van der Waals surface area contributed by atoms with E-state index in [0.29, 0.717) is 17.3 Å². The first-order chi connectivity index (χ1) is 13.7. The van der Waals surface area contributed by atoms with Gasteiger partial charge in [-0.1, -0.05) is 25.4 Å². The zero-order valence-corrected chi connectivity index (χ0v) is 17.2. The molecule has 0 fully saturated rings. The Morgan fingerprint density at radius 1 is 1.23 bits per heavy atom. The minimum absolute atomic E-state index is 0.0136. The molecule has 0 aliphatic heterocycles. The number of rotatable bonds is 4. The van der Waals surface area contributed by atoms with Crippen molar-refractivity contribution in [1.29, 1.82) is 0 Å². The van der Waals surface area contributed by atoms with Crippen molar-refractivity contribution in [2.45, 2.75) is 32.2 Å². The molecule has 30 heavy (non-hydrogen) atoms. The molecule has 3 aromatic rings. The summed E-state index contributed by atoms with van der Waals surface area (Å²) in [7, 11) is -6.09. The molecule has 0 saturated heterocycles. The number of benzene rings is 1. The van der Waals surface area contributed by atoms with E-state index >= 15 is 0 Å². The second kappa shape index (κ2) is 7.27. The van der Waals surface area contributed by atoms with Crippen LogP contribution in [0, 0.1) is 12.7 Å². The molecular weight excluding hydrogens is 454 g/mol. The molecule has 0 atom stereocenters. The smallest absolute Gasteiger partial charge is 0.373 e. The average Bonchev–Trinajstić information content (AvgIpc) is 2.94. The Morgan fingerprint density at radius 3 is 2.37 bits per heavy atom. The predicted molar refractivity (Wildman–Crippen MR) is 101 cm³/mol. The summed E-state index contributed by atoms with van der Waals surface area (Å²) >= 11 is 6.04. The maximum atomic E-state index is 14.4. The second-order valence-electron chi connectivity index (χ2n) is 6.71. The molecule has 1 aromatic carbocycles. The molecule has 0 radical (unpaired) electrons. The zero-order valence-electron chi connectivity index (χ0n) is 15.6. The largest absolute Gasteiger partial charge is 0.534 e. The van der Waals surface area contributed by atoms with Gasteiger partial charge >= 0.3 is 15.6 Å². The number of pyridine rings is 1. The highest BCUT2D eigenvalue weighted by Crippen LogP contribution is 2.34. The van der Waals surface area contributed by atoms with E-state index in [2.05, 4.69) is 14.4 Å². The summed E-state index contributed by atoms with van der Waals surface area (Å²) in [6, 6.07) is 1.39. The van der Waals surface area contributed by atoms with Gasteiger partial charge in [0.15, 0.2) is 16.7 Å². The summed E-state index contributed by atoms with van der Waals surface area (Å²) in [5.74, 6) is -2.91. The molecule has 2 heterocycles. The van der Waals surface area contributed by atoms with Gasteiger partial charge in [0.2, 0.25) is 0 Å². The fourth-order valence-electron chi connectivity index (χ4n) is 2.90. The van der Waals surface area contributed by atoms with Crippen LogP contribution in [0.4, 0.5) is 17.6 Å². The van der Waals surface area contributed by atoms with Crippen LogP contribution < -0.4 is 9.74 Å². The molecule has 162 valence electrons. The topological polar surface area (TPSA) is 94.1 Å². The summed E-state index contributed by atoms with van der Waals surface area (Å²) in [5.41, 5.74) is -5.38. The molecule has 0 unspecified atom stereocenters. The quantitative estimate of drug-likeness (QED) is 0.353. The number of hydrogen-bond donors (Lipinski definition) is 1. The summed E-state index contributed by atoms with van der Waals surface area (Å²) in [6.45, 7) is 5.06. The number of fused-ring (bicyclic) bond motifs is 1. The van der Waals surface area contributed by atoms with Crippen molar-refractivity contribution in [2.75, 3.05) is 0 Å². The Balaban J connectivity index is 2.33. The van der Waals surface area contributed by atoms with Crippen LogP contribution in [-0.4, -0.2) is 28.7 Å². The monoisotopic (exact) mass is 467 g/mol. The van der Waals surface area contributed by atoms with Crippen LogP contribution in [-0.2, 0) is 10.1 Å². The third-order valence-electron chi connectivity index (χ3n) is 4.32. The number of H-pyrrole nitrogens is 1. The lowest BCUT2D eigenvalue weighted by Crippen LogP contribution is -2.28. The number of nitrogens with one attached hydrogen (secondary N) is 1. The second-order valence-corrected chi connectivity index (χ2v) is 8.61. The highest BCUT2D eigenvalue weighted by Gasteiger charge is 2.49. The Labute approximate surface area is 172 Å². The highest BCUT2D eigenvalue weighted by atomic mass is 35.5. The minimum atomic E-state index is -6.09. The fourth-order valence-corrected chi connectivity index (χ4v) is 3.63. The van der Waals surface area contributed by atoms with E-state index in [-0.39, 0.29) is 27.5 Å². The van der Waals surface area contributed by atoms with E-state index in [1.54, 1.807) is 20.8 Å². The number of hydrogen-bond acceptors (Lipinski definition) is 5. The predicted octanol–water partition coefficient (Wildman–Crippen LogP) is 4.17. The number of aryl methyl sites for hydroxylation is 1. The van der Waals surface area contributed by atoms with Gasteiger partial charge in [-0.3, -0.25) is 14.5 Å². The molecule has 0 amide bonds. The van der Waals surface area contributed by atoms with Gasteiger partial charge in [-0.25, -0.2) is 4.39 Å². The van der Waals surface area contributed by atoms with Gasteiger partial charge in [0.05, 0.1) is 11.1 Å². The first kappa shape index (κ1) is 22.1. The van der Waals surface area contributed by atoms with Crippen LogP contribution in [0.15, 0.2) is 23.1 Å². The summed E-state index contributed by atoms with van der Waals surface area (Å²) in [5, 5.41) is 6.23.